The molecule has 1 aromatic rings. The maximum Gasteiger partial charge on any atom is 0.135 e. The summed E-state index contributed by atoms with van der Waals surface area (Å²) in [6.07, 6.45) is 3.53. The molecule has 0 aromatic carbocycles. The SMILES string of the molecule is CCNc1cc(SCCCOC)nc(C2CC2)n1. The predicted molar refractivity (Wildman–Crippen MR) is 75.4 cm³/mol. The van der Waals surface area contributed by atoms with Gasteiger partial charge in [-0.1, -0.05) is 0 Å². The minimum Gasteiger partial charge on any atom is -0.385 e. The van der Waals surface area contributed by atoms with Gasteiger partial charge in [0.15, 0.2) is 0 Å². The van der Waals surface area contributed by atoms with Crippen LogP contribution in [0.25, 0.3) is 0 Å². The van der Waals surface area contributed by atoms with Crippen LogP contribution in [0.3, 0.4) is 0 Å². The zero-order valence-electron chi connectivity index (χ0n) is 11.1. The molecule has 18 heavy (non-hydrogen) atoms. The first-order chi connectivity index (χ1) is 8.83. The van der Waals surface area contributed by atoms with E-state index >= 15 is 0 Å². The summed E-state index contributed by atoms with van der Waals surface area (Å²) in [5.41, 5.74) is 0. The molecular formula is C13H21N3OS. The fourth-order valence-electron chi connectivity index (χ4n) is 1.69. The molecule has 1 aliphatic rings. The number of aromatic nitrogens is 2. The van der Waals surface area contributed by atoms with Gasteiger partial charge >= 0.3 is 0 Å². The Morgan fingerprint density at radius 2 is 2.28 bits per heavy atom. The second kappa shape index (κ2) is 6.95. The van der Waals surface area contributed by atoms with E-state index in [2.05, 4.69) is 22.2 Å². The van der Waals surface area contributed by atoms with Crippen molar-refractivity contribution >= 4 is 17.6 Å². The van der Waals surface area contributed by atoms with Gasteiger partial charge in [0, 0.05) is 38.0 Å². The molecule has 0 spiro atoms. The second-order valence-electron chi connectivity index (χ2n) is 4.45. The van der Waals surface area contributed by atoms with Gasteiger partial charge < -0.3 is 10.1 Å². The van der Waals surface area contributed by atoms with E-state index in [1.54, 1.807) is 18.9 Å². The number of hydrogen-bond donors (Lipinski definition) is 1. The van der Waals surface area contributed by atoms with Crippen LogP contribution < -0.4 is 5.32 Å². The summed E-state index contributed by atoms with van der Waals surface area (Å²) in [5, 5.41) is 4.37. The molecule has 0 bridgehead atoms. The number of nitrogens with one attached hydrogen (secondary N) is 1. The van der Waals surface area contributed by atoms with E-state index < -0.39 is 0 Å². The van der Waals surface area contributed by atoms with Gasteiger partial charge in [-0.3, -0.25) is 0 Å². The average molecular weight is 267 g/mol. The Balaban J connectivity index is 1.98. The van der Waals surface area contributed by atoms with Crippen LogP contribution in [-0.2, 0) is 4.74 Å². The molecule has 1 N–H and O–H groups in total. The topological polar surface area (TPSA) is 47.0 Å². The minimum absolute atomic E-state index is 0.599. The summed E-state index contributed by atoms with van der Waals surface area (Å²) in [6, 6.07) is 2.05. The van der Waals surface area contributed by atoms with Crippen LogP contribution >= 0.6 is 11.8 Å². The van der Waals surface area contributed by atoms with Gasteiger partial charge in [-0.05, 0) is 26.2 Å². The van der Waals surface area contributed by atoms with E-state index in [-0.39, 0.29) is 0 Å². The van der Waals surface area contributed by atoms with Crippen LogP contribution in [0.5, 0.6) is 0 Å². The third kappa shape index (κ3) is 4.14. The predicted octanol–water partition coefficient (Wildman–Crippen LogP) is 2.91. The van der Waals surface area contributed by atoms with E-state index in [9.17, 15) is 0 Å². The molecule has 1 fully saturated rings. The van der Waals surface area contributed by atoms with Crippen molar-refractivity contribution < 1.29 is 4.74 Å². The summed E-state index contributed by atoms with van der Waals surface area (Å²) in [4.78, 5) is 9.22. The highest BCUT2D eigenvalue weighted by molar-refractivity contribution is 7.99. The summed E-state index contributed by atoms with van der Waals surface area (Å²) >= 11 is 1.79. The maximum absolute atomic E-state index is 5.06. The molecule has 2 rings (SSSR count). The first-order valence-electron chi connectivity index (χ1n) is 6.58. The molecule has 1 heterocycles. The van der Waals surface area contributed by atoms with E-state index in [1.807, 2.05) is 6.07 Å². The van der Waals surface area contributed by atoms with Gasteiger partial charge in [-0.15, -0.1) is 11.8 Å². The van der Waals surface area contributed by atoms with Gasteiger partial charge in [0.05, 0.1) is 0 Å². The standard InChI is InChI=1S/C13H21N3OS/c1-3-14-11-9-12(18-8-4-7-17-2)16-13(15-11)10-5-6-10/h9-10H,3-8H2,1-2H3,(H,14,15,16). The lowest BCUT2D eigenvalue weighted by molar-refractivity contribution is 0.200. The number of rotatable bonds is 8. The van der Waals surface area contributed by atoms with Crippen LogP contribution in [0, 0.1) is 0 Å². The number of nitrogens with zero attached hydrogens (tertiary/aromatic N) is 2. The molecule has 1 aromatic heterocycles. The lowest BCUT2D eigenvalue weighted by Crippen LogP contribution is -2.04. The van der Waals surface area contributed by atoms with Gasteiger partial charge in [0.2, 0.25) is 0 Å². The maximum atomic E-state index is 5.06. The van der Waals surface area contributed by atoms with Crippen LogP contribution in [0.2, 0.25) is 0 Å². The van der Waals surface area contributed by atoms with E-state index in [0.717, 1.165) is 42.0 Å². The normalized spacial score (nSPS) is 14.8. The zero-order chi connectivity index (χ0) is 12.8. The molecule has 0 saturated heterocycles. The third-order valence-corrected chi connectivity index (χ3v) is 3.76. The van der Waals surface area contributed by atoms with Crippen LogP contribution in [0.4, 0.5) is 5.82 Å². The van der Waals surface area contributed by atoms with Crippen molar-refractivity contribution in [1.29, 1.82) is 0 Å². The lowest BCUT2D eigenvalue weighted by atomic mass is 10.4. The number of hydrogen-bond acceptors (Lipinski definition) is 5. The Bertz CT molecular complexity index is 382. The zero-order valence-corrected chi connectivity index (χ0v) is 11.9. The minimum atomic E-state index is 0.599. The first-order valence-corrected chi connectivity index (χ1v) is 7.56. The Morgan fingerprint density at radius 1 is 1.44 bits per heavy atom. The first kappa shape index (κ1) is 13.6. The molecule has 1 saturated carbocycles. The number of anilines is 1. The summed E-state index contributed by atoms with van der Waals surface area (Å²) < 4.78 is 5.06. The van der Waals surface area contributed by atoms with Crippen LogP contribution in [0.1, 0.15) is 37.9 Å². The molecule has 0 unspecified atom stereocenters. The van der Waals surface area contributed by atoms with E-state index in [0.29, 0.717) is 5.92 Å². The summed E-state index contributed by atoms with van der Waals surface area (Å²) in [6.45, 7) is 3.80. The molecule has 1 aliphatic carbocycles. The third-order valence-electron chi connectivity index (χ3n) is 2.76. The quantitative estimate of drug-likeness (QED) is 0.446. The summed E-state index contributed by atoms with van der Waals surface area (Å²) in [7, 11) is 1.74. The van der Waals surface area contributed by atoms with Gasteiger partial charge in [-0.2, -0.15) is 0 Å². The van der Waals surface area contributed by atoms with Crippen molar-refractivity contribution in [3.05, 3.63) is 11.9 Å². The average Bonchev–Trinajstić information content (AvgIpc) is 3.19. The number of methoxy groups -OCH3 is 1. The van der Waals surface area contributed by atoms with Crippen molar-refractivity contribution in [2.45, 2.75) is 37.1 Å². The highest BCUT2D eigenvalue weighted by atomic mass is 32.2. The van der Waals surface area contributed by atoms with Crippen molar-refractivity contribution in [2.24, 2.45) is 0 Å². The molecule has 0 amide bonds. The number of thioether (sulfide) groups is 1. The molecule has 0 aliphatic heterocycles. The van der Waals surface area contributed by atoms with E-state index in [4.69, 9.17) is 4.74 Å². The second-order valence-corrected chi connectivity index (χ2v) is 5.56. The molecule has 0 atom stereocenters. The highest BCUT2D eigenvalue weighted by Crippen LogP contribution is 2.39. The fourth-order valence-corrected chi connectivity index (χ4v) is 2.52. The molecule has 100 valence electrons. The summed E-state index contributed by atoms with van der Waals surface area (Å²) in [5.74, 6) is 3.62. The van der Waals surface area contributed by atoms with Gasteiger partial charge in [0.25, 0.3) is 0 Å². The largest absolute Gasteiger partial charge is 0.385 e. The van der Waals surface area contributed by atoms with Gasteiger partial charge in [0.1, 0.15) is 16.7 Å². The Morgan fingerprint density at radius 3 is 2.94 bits per heavy atom. The number of ether oxygens (including phenoxy) is 1. The van der Waals surface area contributed by atoms with Crippen molar-refractivity contribution in [1.82, 2.24) is 9.97 Å². The fraction of sp³-hybridized carbons (Fsp3) is 0.692. The van der Waals surface area contributed by atoms with Crippen molar-refractivity contribution in [3.63, 3.8) is 0 Å². The van der Waals surface area contributed by atoms with Gasteiger partial charge in [-0.25, -0.2) is 9.97 Å². The van der Waals surface area contributed by atoms with Crippen molar-refractivity contribution in [2.75, 3.05) is 31.3 Å². The van der Waals surface area contributed by atoms with E-state index in [1.165, 1.54) is 12.8 Å². The Labute approximate surface area is 113 Å². The Kier molecular flexibility index (Phi) is 5.26. The molecular weight excluding hydrogens is 246 g/mol. The monoisotopic (exact) mass is 267 g/mol. The van der Waals surface area contributed by atoms with Crippen molar-refractivity contribution in [3.8, 4) is 0 Å². The highest BCUT2D eigenvalue weighted by Gasteiger charge is 2.27. The lowest BCUT2D eigenvalue weighted by Gasteiger charge is -2.08. The smallest absolute Gasteiger partial charge is 0.135 e. The Hall–Kier alpha value is -0.810. The molecule has 4 nitrogen and oxygen atoms in total. The molecule has 0 radical (unpaired) electrons. The van der Waals surface area contributed by atoms with Crippen LogP contribution in [0.15, 0.2) is 11.1 Å². The van der Waals surface area contributed by atoms with Crippen LogP contribution in [-0.4, -0.2) is 36.0 Å². The molecule has 5 heteroatoms.